The van der Waals surface area contributed by atoms with E-state index in [1.165, 1.54) is 6.42 Å². The highest BCUT2D eigenvalue weighted by Crippen LogP contribution is 2.36. The van der Waals surface area contributed by atoms with Gasteiger partial charge in [0.05, 0.1) is 13.2 Å². The molecule has 1 aromatic carbocycles. The standard InChI is InChI=1S/C15H23NO2/c1-10-7-11(2)9-12(8-10)18-14-6-4-5-13(17-3)15(14)16/h4-6,10-12H,7-9,16H2,1-3H3. The van der Waals surface area contributed by atoms with Crippen LogP contribution in [-0.2, 0) is 0 Å². The van der Waals surface area contributed by atoms with E-state index < -0.39 is 0 Å². The largest absolute Gasteiger partial charge is 0.494 e. The number of para-hydroxylation sites is 1. The number of rotatable bonds is 3. The molecule has 1 aliphatic carbocycles. The van der Waals surface area contributed by atoms with Crippen molar-refractivity contribution >= 4 is 5.69 Å². The topological polar surface area (TPSA) is 44.5 Å². The molecule has 0 aromatic heterocycles. The van der Waals surface area contributed by atoms with Crippen LogP contribution in [0.2, 0.25) is 0 Å². The van der Waals surface area contributed by atoms with Crippen molar-refractivity contribution in [2.24, 2.45) is 11.8 Å². The monoisotopic (exact) mass is 249 g/mol. The van der Waals surface area contributed by atoms with Crippen molar-refractivity contribution in [3.63, 3.8) is 0 Å². The molecule has 18 heavy (non-hydrogen) atoms. The summed E-state index contributed by atoms with van der Waals surface area (Å²) < 4.78 is 11.3. The molecular formula is C15H23NO2. The molecule has 3 nitrogen and oxygen atoms in total. The first-order valence-corrected chi connectivity index (χ1v) is 6.69. The number of nitrogen functional groups attached to an aromatic ring is 1. The zero-order valence-electron chi connectivity index (χ0n) is 11.5. The Morgan fingerprint density at radius 3 is 2.28 bits per heavy atom. The van der Waals surface area contributed by atoms with Gasteiger partial charge in [-0.2, -0.15) is 0 Å². The lowest BCUT2D eigenvalue weighted by Gasteiger charge is -2.32. The summed E-state index contributed by atoms with van der Waals surface area (Å²) >= 11 is 0. The van der Waals surface area contributed by atoms with E-state index in [9.17, 15) is 0 Å². The van der Waals surface area contributed by atoms with Gasteiger partial charge in [-0.3, -0.25) is 0 Å². The number of hydrogen-bond acceptors (Lipinski definition) is 3. The van der Waals surface area contributed by atoms with Crippen LogP contribution in [0.4, 0.5) is 5.69 Å². The maximum Gasteiger partial charge on any atom is 0.146 e. The highest BCUT2D eigenvalue weighted by Gasteiger charge is 2.25. The summed E-state index contributed by atoms with van der Waals surface area (Å²) in [7, 11) is 1.63. The van der Waals surface area contributed by atoms with Gasteiger partial charge in [0, 0.05) is 0 Å². The van der Waals surface area contributed by atoms with Crippen LogP contribution >= 0.6 is 0 Å². The maximum absolute atomic E-state index is 6.06. The predicted octanol–water partition coefficient (Wildman–Crippen LogP) is 3.48. The number of benzene rings is 1. The Balaban J connectivity index is 2.09. The molecule has 1 aliphatic rings. The minimum Gasteiger partial charge on any atom is -0.494 e. The summed E-state index contributed by atoms with van der Waals surface area (Å²) in [6, 6.07) is 5.69. The smallest absolute Gasteiger partial charge is 0.146 e. The van der Waals surface area contributed by atoms with E-state index in [-0.39, 0.29) is 6.10 Å². The molecule has 0 aliphatic heterocycles. The number of methoxy groups -OCH3 is 1. The maximum atomic E-state index is 6.06. The quantitative estimate of drug-likeness (QED) is 0.834. The van der Waals surface area contributed by atoms with Crippen LogP contribution in [0.1, 0.15) is 33.1 Å². The molecule has 1 saturated carbocycles. The lowest BCUT2D eigenvalue weighted by molar-refractivity contribution is 0.102. The van der Waals surface area contributed by atoms with Crippen LogP contribution in [0.15, 0.2) is 18.2 Å². The van der Waals surface area contributed by atoms with Gasteiger partial charge in [-0.25, -0.2) is 0 Å². The third-order valence-electron chi connectivity index (χ3n) is 3.67. The second-order valence-electron chi connectivity index (χ2n) is 5.53. The normalized spacial score (nSPS) is 27.8. The fourth-order valence-electron chi connectivity index (χ4n) is 2.95. The average molecular weight is 249 g/mol. The first-order valence-electron chi connectivity index (χ1n) is 6.69. The van der Waals surface area contributed by atoms with Crippen molar-refractivity contribution in [2.75, 3.05) is 12.8 Å². The molecule has 0 heterocycles. The Bertz CT molecular complexity index is 395. The second-order valence-corrected chi connectivity index (χ2v) is 5.53. The van der Waals surface area contributed by atoms with Gasteiger partial charge in [0.2, 0.25) is 0 Å². The fraction of sp³-hybridized carbons (Fsp3) is 0.600. The third-order valence-corrected chi connectivity index (χ3v) is 3.67. The lowest BCUT2D eigenvalue weighted by Crippen LogP contribution is -2.28. The van der Waals surface area contributed by atoms with Crippen molar-refractivity contribution in [1.82, 2.24) is 0 Å². The minimum absolute atomic E-state index is 0.276. The highest BCUT2D eigenvalue weighted by molar-refractivity contribution is 5.62. The van der Waals surface area contributed by atoms with Crippen molar-refractivity contribution in [3.8, 4) is 11.5 Å². The van der Waals surface area contributed by atoms with E-state index in [1.807, 2.05) is 18.2 Å². The van der Waals surface area contributed by atoms with Crippen LogP contribution in [0.25, 0.3) is 0 Å². The summed E-state index contributed by atoms with van der Waals surface area (Å²) in [6.45, 7) is 4.59. The molecule has 2 unspecified atom stereocenters. The number of nitrogens with two attached hydrogens (primary N) is 1. The molecular weight excluding hydrogens is 226 g/mol. The third kappa shape index (κ3) is 2.89. The van der Waals surface area contributed by atoms with Crippen LogP contribution in [0.5, 0.6) is 11.5 Å². The average Bonchev–Trinajstić information content (AvgIpc) is 2.30. The molecule has 0 saturated heterocycles. The SMILES string of the molecule is COc1cccc(OC2CC(C)CC(C)C2)c1N. The van der Waals surface area contributed by atoms with E-state index in [4.69, 9.17) is 15.2 Å². The van der Waals surface area contributed by atoms with Gasteiger partial charge in [0.15, 0.2) is 0 Å². The molecule has 1 aromatic rings. The van der Waals surface area contributed by atoms with Gasteiger partial charge in [0.1, 0.15) is 17.2 Å². The predicted molar refractivity (Wildman–Crippen MR) is 74.0 cm³/mol. The molecule has 1 fully saturated rings. The zero-order chi connectivity index (χ0) is 13.1. The number of ether oxygens (including phenoxy) is 2. The van der Waals surface area contributed by atoms with Crippen molar-refractivity contribution < 1.29 is 9.47 Å². The fourth-order valence-corrected chi connectivity index (χ4v) is 2.95. The van der Waals surface area contributed by atoms with Gasteiger partial charge in [-0.15, -0.1) is 0 Å². The van der Waals surface area contributed by atoms with Gasteiger partial charge in [-0.05, 0) is 43.2 Å². The van der Waals surface area contributed by atoms with E-state index >= 15 is 0 Å². The summed E-state index contributed by atoms with van der Waals surface area (Å²) in [6.07, 6.45) is 3.80. The van der Waals surface area contributed by atoms with Crippen LogP contribution in [0, 0.1) is 11.8 Å². The molecule has 0 spiro atoms. The first-order chi connectivity index (χ1) is 8.60. The Kier molecular flexibility index (Phi) is 4.00. The van der Waals surface area contributed by atoms with Gasteiger partial charge < -0.3 is 15.2 Å². The lowest BCUT2D eigenvalue weighted by atomic mass is 9.82. The molecule has 0 bridgehead atoms. The molecule has 0 radical (unpaired) electrons. The highest BCUT2D eigenvalue weighted by atomic mass is 16.5. The summed E-state index contributed by atoms with van der Waals surface area (Å²) in [5.41, 5.74) is 6.63. The van der Waals surface area contributed by atoms with Crippen LogP contribution in [-0.4, -0.2) is 13.2 Å². The molecule has 3 heteroatoms. The Hall–Kier alpha value is -1.38. The summed E-state index contributed by atoms with van der Waals surface area (Å²) in [5.74, 6) is 2.89. The van der Waals surface area contributed by atoms with E-state index in [0.717, 1.165) is 30.4 Å². The second kappa shape index (κ2) is 5.51. The van der Waals surface area contributed by atoms with E-state index in [0.29, 0.717) is 11.4 Å². The van der Waals surface area contributed by atoms with Crippen molar-refractivity contribution in [1.29, 1.82) is 0 Å². The van der Waals surface area contributed by atoms with E-state index in [1.54, 1.807) is 7.11 Å². The molecule has 2 atom stereocenters. The molecule has 2 N–H and O–H groups in total. The first kappa shape index (κ1) is 13.1. The van der Waals surface area contributed by atoms with E-state index in [2.05, 4.69) is 13.8 Å². The van der Waals surface area contributed by atoms with Crippen molar-refractivity contribution in [2.45, 2.75) is 39.2 Å². The Labute approximate surface area is 109 Å². The van der Waals surface area contributed by atoms with Crippen molar-refractivity contribution in [3.05, 3.63) is 18.2 Å². The Morgan fingerprint density at radius 1 is 1.06 bits per heavy atom. The number of anilines is 1. The van der Waals surface area contributed by atoms with Gasteiger partial charge >= 0.3 is 0 Å². The minimum atomic E-state index is 0.276. The van der Waals surface area contributed by atoms with Gasteiger partial charge in [-0.1, -0.05) is 19.9 Å². The zero-order valence-corrected chi connectivity index (χ0v) is 11.5. The number of hydrogen-bond donors (Lipinski definition) is 1. The molecule has 0 amide bonds. The van der Waals surface area contributed by atoms with Crippen LogP contribution in [0.3, 0.4) is 0 Å². The molecule has 2 rings (SSSR count). The Morgan fingerprint density at radius 2 is 1.67 bits per heavy atom. The molecule has 100 valence electrons. The summed E-state index contributed by atoms with van der Waals surface area (Å²) in [4.78, 5) is 0. The van der Waals surface area contributed by atoms with Gasteiger partial charge in [0.25, 0.3) is 0 Å². The van der Waals surface area contributed by atoms with Crippen LogP contribution < -0.4 is 15.2 Å². The summed E-state index contributed by atoms with van der Waals surface area (Å²) in [5, 5.41) is 0.